The predicted molar refractivity (Wildman–Crippen MR) is 39.4 cm³/mol. The van der Waals surface area contributed by atoms with Crippen LogP contribution in [-0.4, -0.2) is 17.2 Å². The summed E-state index contributed by atoms with van der Waals surface area (Å²) in [6.07, 6.45) is 0. The van der Waals surface area contributed by atoms with E-state index < -0.39 is 0 Å². The summed E-state index contributed by atoms with van der Waals surface area (Å²) in [7, 11) is 0. The molecule has 0 saturated carbocycles. The Morgan fingerprint density at radius 2 is 2.17 bits per heavy atom. The molecule has 0 aliphatic rings. The summed E-state index contributed by atoms with van der Waals surface area (Å²) in [4.78, 5) is 0. The molecule has 0 aliphatic heterocycles. The van der Waals surface area contributed by atoms with Gasteiger partial charge in [0.25, 0.3) is 0 Å². The maximum atomic E-state index is 2.57. The molecule has 0 aliphatic carbocycles. The number of hydrogen-bond acceptors (Lipinski definition) is 0. The van der Waals surface area contributed by atoms with Crippen LogP contribution in [0.1, 0.15) is 13.8 Å². The standard InChI is InChI=1S/C4H9.HI.Sn/c1-4(2)3;;/h4H,1H2,2-3H3;1H;/q;;+1/p-1. The van der Waals surface area contributed by atoms with Crippen molar-refractivity contribution in [2.45, 2.75) is 18.3 Å². The Labute approximate surface area is 59.5 Å². The van der Waals surface area contributed by atoms with E-state index >= 15 is 0 Å². The van der Waals surface area contributed by atoms with Gasteiger partial charge in [-0.05, 0) is 0 Å². The Bertz CT molecular complexity index is 28.7. The summed E-state index contributed by atoms with van der Waals surface area (Å²) in [6, 6.07) is 0. The fourth-order valence-electron chi connectivity index (χ4n) is 0.154. The molecule has 0 aromatic carbocycles. The monoisotopic (exact) mass is 304 g/mol. The van der Waals surface area contributed by atoms with Crippen molar-refractivity contribution in [1.29, 1.82) is 0 Å². The summed E-state index contributed by atoms with van der Waals surface area (Å²) < 4.78 is 1.53. The van der Waals surface area contributed by atoms with Gasteiger partial charge in [-0.15, -0.1) is 0 Å². The van der Waals surface area contributed by atoms with Gasteiger partial charge in [0.1, 0.15) is 0 Å². The summed E-state index contributed by atoms with van der Waals surface area (Å²) >= 11 is 2.69. The van der Waals surface area contributed by atoms with Gasteiger partial charge in [0, 0.05) is 0 Å². The first kappa shape index (κ1) is 7.53. The van der Waals surface area contributed by atoms with Crippen molar-refractivity contribution in [3.63, 3.8) is 0 Å². The first-order chi connectivity index (χ1) is 2.77. The zero-order chi connectivity index (χ0) is 4.99. The van der Waals surface area contributed by atoms with Crippen LogP contribution in [0.25, 0.3) is 0 Å². The van der Waals surface area contributed by atoms with E-state index in [9.17, 15) is 0 Å². The molecule has 2 heteroatoms. The van der Waals surface area contributed by atoms with Crippen LogP contribution >= 0.6 is 18.6 Å². The maximum absolute atomic E-state index is 2.57. The summed E-state index contributed by atoms with van der Waals surface area (Å²) in [5, 5.41) is 0. The molecule has 0 rings (SSSR count). The molecule has 0 unspecified atom stereocenters. The molecule has 0 saturated heterocycles. The van der Waals surface area contributed by atoms with Crippen LogP contribution in [0.4, 0.5) is 0 Å². The molecule has 0 spiro atoms. The Kier molecular flexibility index (Phi) is 5.87. The van der Waals surface area contributed by atoms with Gasteiger partial charge in [-0.25, -0.2) is 0 Å². The first-order valence-corrected chi connectivity index (χ1v) is 12.4. The van der Waals surface area contributed by atoms with Gasteiger partial charge in [0.15, 0.2) is 0 Å². The van der Waals surface area contributed by atoms with Crippen LogP contribution in [-0.2, 0) is 0 Å². The van der Waals surface area contributed by atoms with Crippen molar-refractivity contribution < 1.29 is 0 Å². The minimum absolute atomic E-state index is 0.120. The van der Waals surface area contributed by atoms with E-state index in [1.807, 2.05) is 0 Å². The zero-order valence-corrected chi connectivity index (χ0v) is 9.17. The molecule has 0 atom stereocenters. The van der Waals surface area contributed by atoms with E-state index in [0.29, 0.717) is 0 Å². The van der Waals surface area contributed by atoms with E-state index in [-0.39, 0.29) is 17.2 Å². The number of hydrogen-bond donors (Lipinski definition) is 0. The van der Waals surface area contributed by atoms with Gasteiger partial charge >= 0.3 is 60.0 Å². The van der Waals surface area contributed by atoms with Crippen molar-refractivity contribution in [3.8, 4) is 0 Å². The summed E-state index contributed by atoms with van der Waals surface area (Å²) in [5.74, 6) is 0.966. The van der Waals surface area contributed by atoms with E-state index in [1.54, 1.807) is 0 Å². The van der Waals surface area contributed by atoms with Crippen LogP contribution in [0.2, 0.25) is 4.44 Å². The molecule has 0 nitrogen and oxygen atoms in total. The molecule has 0 heterocycles. The van der Waals surface area contributed by atoms with E-state index in [2.05, 4.69) is 32.5 Å². The molecule has 6 heavy (non-hydrogen) atoms. The van der Waals surface area contributed by atoms with Crippen molar-refractivity contribution in [1.82, 2.24) is 0 Å². The third kappa shape index (κ3) is 5.53. The van der Waals surface area contributed by atoms with Gasteiger partial charge in [0.05, 0.1) is 0 Å². The quantitative estimate of drug-likeness (QED) is 0.541. The molecule has 0 aromatic heterocycles. The van der Waals surface area contributed by atoms with E-state index in [0.717, 1.165) is 5.92 Å². The van der Waals surface area contributed by atoms with Gasteiger partial charge < -0.3 is 0 Å². The first-order valence-electron chi connectivity index (χ1n) is 2.11. The average Bonchev–Trinajstić information content (AvgIpc) is 1.35. The van der Waals surface area contributed by atoms with Crippen LogP contribution in [0.5, 0.6) is 0 Å². The van der Waals surface area contributed by atoms with Crippen LogP contribution in [0, 0.1) is 5.92 Å². The molecule has 0 amide bonds. The molecule has 0 fully saturated rings. The average molecular weight is 303 g/mol. The topological polar surface area (TPSA) is 0 Å². The van der Waals surface area contributed by atoms with Gasteiger partial charge in [-0.3, -0.25) is 0 Å². The van der Waals surface area contributed by atoms with Gasteiger partial charge in [-0.1, -0.05) is 0 Å². The van der Waals surface area contributed by atoms with E-state index in [4.69, 9.17) is 0 Å². The fraction of sp³-hybridized carbons (Fsp3) is 1.00. The fourth-order valence-corrected chi connectivity index (χ4v) is 6.94. The Hall–Kier alpha value is 1.53. The minimum atomic E-state index is 0.120. The van der Waals surface area contributed by atoms with Crippen molar-refractivity contribution in [2.75, 3.05) is 0 Å². The Morgan fingerprint density at radius 1 is 1.67 bits per heavy atom. The normalized spacial score (nSPS) is 10.0. The van der Waals surface area contributed by atoms with E-state index in [1.165, 1.54) is 4.44 Å². The van der Waals surface area contributed by atoms with Crippen LogP contribution in [0.15, 0.2) is 0 Å². The number of halogens is 1. The third-order valence-corrected chi connectivity index (χ3v) is 6.21. The van der Waals surface area contributed by atoms with Gasteiger partial charge in [0.2, 0.25) is 0 Å². The van der Waals surface area contributed by atoms with Crippen molar-refractivity contribution >= 4 is 35.8 Å². The zero-order valence-electron chi connectivity index (χ0n) is 4.16. The molecule has 36 valence electrons. The summed E-state index contributed by atoms with van der Waals surface area (Å²) in [6.45, 7) is 4.58. The molecule has 0 N–H and O–H groups in total. The predicted octanol–water partition coefficient (Wildman–Crippen LogP) is 2.11. The second kappa shape index (κ2) is 4.68. The second-order valence-corrected chi connectivity index (χ2v) is 8.78. The molecule has 2 radical (unpaired) electrons. The Balaban J connectivity index is 2.63. The molecule has 0 bridgehead atoms. The van der Waals surface area contributed by atoms with Crippen LogP contribution < -0.4 is 0 Å². The van der Waals surface area contributed by atoms with Crippen molar-refractivity contribution in [3.05, 3.63) is 0 Å². The van der Waals surface area contributed by atoms with Crippen LogP contribution in [0.3, 0.4) is 0 Å². The second-order valence-electron chi connectivity index (χ2n) is 1.73. The SMILES string of the molecule is CC(C)[CH2][Sn][I]. The Morgan fingerprint density at radius 3 is 2.17 bits per heavy atom. The molecule has 0 aromatic rings. The van der Waals surface area contributed by atoms with Crippen molar-refractivity contribution in [2.24, 2.45) is 5.92 Å². The molecular weight excluding hydrogens is 294 g/mol. The third-order valence-electron chi connectivity index (χ3n) is 0.485. The summed E-state index contributed by atoms with van der Waals surface area (Å²) in [5.41, 5.74) is 0. The molecular formula is C4H9ISn. The van der Waals surface area contributed by atoms with Gasteiger partial charge in [-0.2, -0.15) is 0 Å². The number of rotatable bonds is 2.